The molecule has 0 bridgehead atoms. The lowest BCUT2D eigenvalue weighted by molar-refractivity contribution is -0.140. The van der Waals surface area contributed by atoms with Gasteiger partial charge in [0.05, 0.1) is 16.5 Å². The van der Waals surface area contributed by atoms with Gasteiger partial charge in [-0.3, -0.25) is 9.59 Å². The Morgan fingerprint density at radius 3 is 2.12 bits per heavy atom. The summed E-state index contributed by atoms with van der Waals surface area (Å²) in [4.78, 5) is 28.3. The molecule has 0 spiro atoms. The Labute approximate surface area is 205 Å². The van der Waals surface area contributed by atoms with Crippen LogP contribution < -0.4 is 5.32 Å². The molecular weight excluding hydrogens is 455 g/mol. The molecule has 2 amide bonds. The summed E-state index contributed by atoms with van der Waals surface area (Å²) in [6.45, 7) is 4.26. The predicted octanol–water partition coefficient (Wildman–Crippen LogP) is 5.54. The average Bonchev–Trinajstić information content (AvgIpc) is 2.78. The zero-order valence-corrected chi connectivity index (χ0v) is 20.6. The smallest absolute Gasteiger partial charge is 0.242 e. The zero-order chi connectivity index (χ0) is 24.0. The lowest BCUT2D eigenvalue weighted by Crippen LogP contribution is -2.50. The van der Waals surface area contributed by atoms with E-state index < -0.39 is 6.04 Å². The van der Waals surface area contributed by atoms with Crippen LogP contribution in [-0.4, -0.2) is 29.8 Å². The molecule has 3 aromatic carbocycles. The van der Waals surface area contributed by atoms with Crippen LogP contribution in [0.15, 0.2) is 66.7 Å². The summed E-state index contributed by atoms with van der Waals surface area (Å²) >= 11 is 12.3. The van der Waals surface area contributed by atoms with Crippen molar-refractivity contribution in [2.75, 3.05) is 7.05 Å². The second-order valence-corrected chi connectivity index (χ2v) is 9.08. The topological polar surface area (TPSA) is 49.4 Å². The van der Waals surface area contributed by atoms with Gasteiger partial charge < -0.3 is 10.2 Å². The monoisotopic (exact) mass is 482 g/mol. The van der Waals surface area contributed by atoms with E-state index >= 15 is 0 Å². The molecule has 1 atom stereocenters. The number of benzene rings is 3. The lowest BCUT2D eigenvalue weighted by atomic mass is 10.0. The highest BCUT2D eigenvalue weighted by Gasteiger charge is 2.30. The van der Waals surface area contributed by atoms with Gasteiger partial charge in [0.2, 0.25) is 11.8 Å². The van der Waals surface area contributed by atoms with E-state index in [9.17, 15) is 9.59 Å². The standard InChI is InChI=1S/C27H28Cl2N2O2/c1-18-11-19(2)13-22(12-18)16-26(32)31(17-21-9-10-23(28)24(29)14-21)25(27(33)30-3)15-20-7-5-4-6-8-20/h4-14,25H,15-17H2,1-3H3,(H,30,33)/t25-/m1/s1. The largest absolute Gasteiger partial charge is 0.357 e. The number of hydrogen-bond acceptors (Lipinski definition) is 2. The Morgan fingerprint density at radius 1 is 0.848 bits per heavy atom. The summed E-state index contributed by atoms with van der Waals surface area (Å²) in [7, 11) is 1.59. The fourth-order valence-corrected chi connectivity index (χ4v) is 4.32. The van der Waals surface area contributed by atoms with E-state index in [1.807, 2.05) is 62.4 Å². The number of rotatable bonds is 8. The highest BCUT2D eigenvalue weighted by molar-refractivity contribution is 6.42. The Kier molecular flexibility index (Phi) is 8.54. The molecule has 0 aliphatic rings. The minimum atomic E-state index is -0.676. The number of halogens is 2. The molecular formula is C27H28Cl2N2O2. The number of nitrogens with zero attached hydrogens (tertiary/aromatic N) is 1. The molecule has 0 aliphatic carbocycles. The Bertz CT molecular complexity index is 1110. The van der Waals surface area contributed by atoms with E-state index in [0.29, 0.717) is 16.5 Å². The number of hydrogen-bond donors (Lipinski definition) is 1. The molecule has 0 heterocycles. The van der Waals surface area contributed by atoms with Gasteiger partial charge in [0.1, 0.15) is 6.04 Å². The van der Waals surface area contributed by atoms with Gasteiger partial charge in [-0.25, -0.2) is 0 Å². The molecule has 33 heavy (non-hydrogen) atoms. The van der Waals surface area contributed by atoms with Crippen LogP contribution in [0, 0.1) is 13.8 Å². The number of likely N-dealkylation sites (N-methyl/N-ethyl adjacent to an activating group) is 1. The van der Waals surface area contributed by atoms with Gasteiger partial charge in [0.25, 0.3) is 0 Å². The Balaban J connectivity index is 1.97. The van der Waals surface area contributed by atoms with Gasteiger partial charge in [-0.15, -0.1) is 0 Å². The third-order valence-electron chi connectivity index (χ3n) is 5.49. The van der Waals surface area contributed by atoms with Crippen molar-refractivity contribution in [3.05, 3.63) is 105 Å². The van der Waals surface area contributed by atoms with Crippen LogP contribution in [0.2, 0.25) is 10.0 Å². The van der Waals surface area contributed by atoms with Crippen molar-refractivity contribution in [2.24, 2.45) is 0 Å². The molecule has 0 fully saturated rings. The highest BCUT2D eigenvalue weighted by Crippen LogP contribution is 2.25. The molecule has 4 nitrogen and oxygen atoms in total. The highest BCUT2D eigenvalue weighted by atomic mass is 35.5. The second kappa shape index (κ2) is 11.4. The molecule has 0 radical (unpaired) electrons. The molecule has 6 heteroatoms. The van der Waals surface area contributed by atoms with Crippen LogP contribution in [-0.2, 0) is 29.0 Å². The van der Waals surface area contributed by atoms with Crippen molar-refractivity contribution in [3.8, 4) is 0 Å². The normalized spacial score (nSPS) is 11.7. The van der Waals surface area contributed by atoms with Gasteiger partial charge >= 0.3 is 0 Å². The van der Waals surface area contributed by atoms with Gasteiger partial charge in [-0.1, -0.05) is 88.9 Å². The predicted molar refractivity (Wildman–Crippen MR) is 135 cm³/mol. The van der Waals surface area contributed by atoms with Crippen molar-refractivity contribution >= 4 is 35.0 Å². The van der Waals surface area contributed by atoms with Crippen molar-refractivity contribution in [1.82, 2.24) is 10.2 Å². The molecule has 1 N–H and O–H groups in total. The minimum Gasteiger partial charge on any atom is -0.357 e. The molecule has 0 aromatic heterocycles. The number of carbonyl (C=O) groups is 2. The number of amides is 2. The third kappa shape index (κ3) is 6.83. The van der Waals surface area contributed by atoms with Gasteiger partial charge in [0.15, 0.2) is 0 Å². The first-order chi connectivity index (χ1) is 15.8. The maximum Gasteiger partial charge on any atom is 0.242 e. The van der Waals surface area contributed by atoms with Crippen molar-refractivity contribution < 1.29 is 9.59 Å². The van der Waals surface area contributed by atoms with Crippen LogP contribution in [0.3, 0.4) is 0 Å². The number of carbonyl (C=O) groups excluding carboxylic acids is 2. The second-order valence-electron chi connectivity index (χ2n) is 8.26. The molecule has 0 saturated carbocycles. The maximum atomic E-state index is 13.6. The summed E-state index contributed by atoms with van der Waals surface area (Å²) in [6, 6.07) is 20.4. The minimum absolute atomic E-state index is 0.129. The van der Waals surface area contributed by atoms with Crippen LogP contribution >= 0.6 is 23.2 Å². The fraction of sp³-hybridized carbons (Fsp3) is 0.259. The zero-order valence-electron chi connectivity index (χ0n) is 19.1. The van der Waals surface area contributed by atoms with Crippen LogP contribution in [0.5, 0.6) is 0 Å². The summed E-state index contributed by atoms with van der Waals surface area (Å²) < 4.78 is 0. The van der Waals surface area contributed by atoms with Crippen molar-refractivity contribution in [2.45, 2.75) is 39.3 Å². The van der Waals surface area contributed by atoms with E-state index in [1.165, 1.54) is 0 Å². The van der Waals surface area contributed by atoms with Gasteiger partial charge in [-0.05, 0) is 42.7 Å². The molecule has 0 saturated heterocycles. The van der Waals surface area contributed by atoms with Gasteiger partial charge in [-0.2, -0.15) is 0 Å². The lowest BCUT2D eigenvalue weighted by Gasteiger charge is -2.31. The summed E-state index contributed by atoms with van der Waals surface area (Å²) in [6.07, 6.45) is 0.604. The average molecular weight is 483 g/mol. The van der Waals surface area contributed by atoms with E-state index in [0.717, 1.165) is 27.8 Å². The SMILES string of the molecule is CNC(=O)[C@@H](Cc1ccccc1)N(Cc1ccc(Cl)c(Cl)c1)C(=O)Cc1cc(C)cc(C)c1. The third-order valence-corrected chi connectivity index (χ3v) is 6.23. The van der Waals surface area contributed by atoms with E-state index in [1.54, 1.807) is 24.1 Å². The van der Waals surface area contributed by atoms with Crippen LogP contribution in [0.1, 0.15) is 27.8 Å². The Morgan fingerprint density at radius 2 is 1.52 bits per heavy atom. The maximum absolute atomic E-state index is 13.6. The first kappa shape index (κ1) is 24.8. The van der Waals surface area contributed by atoms with Gasteiger partial charge in [0, 0.05) is 20.0 Å². The summed E-state index contributed by atoms with van der Waals surface area (Å²) in [5.74, 6) is -0.344. The van der Waals surface area contributed by atoms with Crippen LogP contribution in [0.4, 0.5) is 0 Å². The van der Waals surface area contributed by atoms with E-state index in [2.05, 4.69) is 11.4 Å². The van der Waals surface area contributed by atoms with E-state index in [4.69, 9.17) is 23.2 Å². The van der Waals surface area contributed by atoms with Crippen molar-refractivity contribution in [3.63, 3.8) is 0 Å². The number of nitrogens with one attached hydrogen (secondary N) is 1. The first-order valence-electron chi connectivity index (χ1n) is 10.8. The van der Waals surface area contributed by atoms with Crippen molar-refractivity contribution in [1.29, 1.82) is 0 Å². The van der Waals surface area contributed by atoms with E-state index in [-0.39, 0.29) is 24.8 Å². The molecule has 0 aliphatic heterocycles. The number of aryl methyl sites for hydroxylation is 2. The molecule has 0 unspecified atom stereocenters. The first-order valence-corrected chi connectivity index (χ1v) is 11.6. The molecule has 172 valence electrons. The quantitative estimate of drug-likeness (QED) is 0.458. The summed E-state index contributed by atoms with van der Waals surface area (Å²) in [5.41, 5.74) is 4.90. The molecule has 3 aromatic rings. The Hall–Kier alpha value is -2.82. The summed E-state index contributed by atoms with van der Waals surface area (Å²) in [5, 5.41) is 3.59. The van der Waals surface area contributed by atoms with Crippen LogP contribution in [0.25, 0.3) is 0 Å². The fourth-order valence-electron chi connectivity index (χ4n) is 4.00. The molecule has 3 rings (SSSR count).